The minimum Gasteiger partial charge on any atom is -0.481 e. The number of nitrogens with zero attached hydrogens (tertiary/aromatic N) is 10. The molecule has 314 valence electrons. The highest BCUT2D eigenvalue weighted by Crippen LogP contribution is 2.26. The summed E-state index contributed by atoms with van der Waals surface area (Å²) < 4.78 is 48.4. The Morgan fingerprint density at radius 1 is 0.656 bits per heavy atom. The molecule has 0 saturated carbocycles. The Labute approximate surface area is 341 Å². The lowest BCUT2D eigenvalue weighted by Gasteiger charge is -2.10. The molecule has 0 aliphatic rings. The number of aromatic amines is 2. The van der Waals surface area contributed by atoms with Gasteiger partial charge in [-0.3, -0.25) is 29.3 Å². The van der Waals surface area contributed by atoms with Crippen molar-refractivity contribution in [3.63, 3.8) is 0 Å². The van der Waals surface area contributed by atoms with Crippen LogP contribution >= 0.6 is 0 Å². The Balaban J connectivity index is 0.000000182. The highest BCUT2D eigenvalue weighted by molar-refractivity contribution is 6.59. The number of nitrogens with one attached hydrogen (secondary N) is 2. The number of aromatic nitrogens is 12. The highest BCUT2D eigenvalue weighted by atomic mass is 19.1. The molecule has 0 unspecified atom stereocenters. The summed E-state index contributed by atoms with van der Waals surface area (Å²) in [6.07, 6.45) is 8.96. The summed E-state index contributed by atoms with van der Waals surface area (Å²) in [5.74, 6) is -0.658. The second kappa shape index (κ2) is 20.6. The molecule has 0 saturated heterocycles. The SMILES string of the molecule is COc1ncc(-c2ccc(=O)n(Cc3cncc(F)c3)n2)c(OC)n1.COc1ncc(B(O)O)c(OC)n1.O=c1[nH]cc(-c2ccc(=O)n(Cc3cncc(F)c3)n2)c(=O)[nH]1. The van der Waals surface area contributed by atoms with Crippen LogP contribution in [0.2, 0.25) is 0 Å². The Morgan fingerprint density at radius 2 is 1.16 bits per heavy atom. The van der Waals surface area contributed by atoms with Gasteiger partial charge in [0.15, 0.2) is 0 Å². The van der Waals surface area contributed by atoms with Gasteiger partial charge in [0, 0.05) is 43.1 Å². The van der Waals surface area contributed by atoms with E-state index in [1.165, 1.54) is 101 Å². The van der Waals surface area contributed by atoms with E-state index in [0.29, 0.717) is 22.4 Å². The van der Waals surface area contributed by atoms with E-state index < -0.39 is 35.6 Å². The first kappa shape index (κ1) is 44.1. The minimum absolute atomic E-state index is 0.00130. The number of methoxy groups -OCH3 is 4. The largest absolute Gasteiger partial charge is 0.495 e. The van der Waals surface area contributed by atoms with Gasteiger partial charge in [-0.05, 0) is 35.4 Å². The topological polar surface area (TPSA) is 290 Å². The fourth-order valence-electron chi connectivity index (χ4n) is 5.02. The first-order valence-electron chi connectivity index (χ1n) is 17.3. The zero-order valence-corrected chi connectivity index (χ0v) is 32.4. The van der Waals surface area contributed by atoms with E-state index in [-0.39, 0.29) is 59.1 Å². The van der Waals surface area contributed by atoms with Crippen LogP contribution in [0.25, 0.3) is 22.5 Å². The Bertz CT molecular complexity index is 2860. The van der Waals surface area contributed by atoms with Crippen molar-refractivity contribution in [3.8, 4) is 46.3 Å². The third-order valence-corrected chi connectivity index (χ3v) is 7.81. The summed E-state index contributed by atoms with van der Waals surface area (Å²) in [6.45, 7) is 0.0788. The maximum absolute atomic E-state index is 13.3. The van der Waals surface area contributed by atoms with Crippen molar-refractivity contribution in [2.75, 3.05) is 28.4 Å². The molecule has 0 aromatic carbocycles. The first-order chi connectivity index (χ1) is 29.3. The number of hydrogen-bond donors (Lipinski definition) is 4. The van der Waals surface area contributed by atoms with E-state index in [0.717, 1.165) is 17.1 Å². The van der Waals surface area contributed by atoms with Gasteiger partial charge in [-0.1, -0.05) is 0 Å². The van der Waals surface area contributed by atoms with Gasteiger partial charge >= 0.3 is 24.8 Å². The van der Waals surface area contributed by atoms with Gasteiger partial charge in [0.1, 0.15) is 11.6 Å². The summed E-state index contributed by atoms with van der Waals surface area (Å²) in [6, 6.07) is 8.30. The summed E-state index contributed by atoms with van der Waals surface area (Å²) in [5.41, 5.74) is 0.289. The van der Waals surface area contributed by atoms with Crippen LogP contribution in [0.1, 0.15) is 11.1 Å². The van der Waals surface area contributed by atoms with Crippen LogP contribution in [-0.4, -0.2) is 105 Å². The summed E-state index contributed by atoms with van der Waals surface area (Å²) in [7, 11) is 4.03. The smallest absolute Gasteiger partial charge is 0.481 e. The minimum atomic E-state index is -1.65. The van der Waals surface area contributed by atoms with Gasteiger partial charge in [-0.25, -0.2) is 32.9 Å². The molecule has 0 aliphatic heterocycles. The van der Waals surface area contributed by atoms with Crippen molar-refractivity contribution < 1.29 is 37.8 Å². The van der Waals surface area contributed by atoms with Crippen molar-refractivity contribution in [1.29, 1.82) is 0 Å². The molecule has 0 bridgehead atoms. The van der Waals surface area contributed by atoms with Crippen molar-refractivity contribution in [2.24, 2.45) is 0 Å². The summed E-state index contributed by atoms with van der Waals surface area (Å²) >= 11 is 0. The molecule has 4 N–H and O–H groups in total. The van der Waals surface area contributed by atoms with Crippen molar-refractivity contribution >= 4 is 12.6 Å². The monoisotopic (exact) mass is 842 g/mol. The molecule has 0 fully saturated rings. The molecule has 0 radical (unpaired) electrons. The quantitative estimate of drug-likeness (QED) is 0.118. The number of hydrogen-bond acceptors (Lipinski definition) is 18. The van der Waals surface area contributed by atoms with E-state index in [1.54, 1.807) is 0 Å². The molecule has 7 aromatic rings. The van der Waals surface area contributed by atoms with Crippen LogP contribution in [0, 0.1) is 11.6 Å². The number of rotatable bonds is 11. The lowest BCUT2D eigenvalue weighted by atomic mass is 9.82. The van der Waals surface area contributed by atoms with Crippen LogP contribution in [0.15, 0.2) is 99.0 Å². The van der Waals surface area contributed by atoms with Crippen LogP contribution < -0.4 is 46.8 Å². The van der Waals surface area contributed by atoms with Crippen molar-refractivity contribution in [1.82, 2.24) is 59.4 Å². The zero-order valence-electron chi connectivity index (χ0n) is 32.4. The molecule has 0 atom stereocenters. The highest BCUT2D eigenvalue weighted by Gasteiger charge is 2.20. The van der Waals surface area contributed by atoms with E-state index in [9.17, 15) is 28.0 Å². The molecule has 7 rings (SSSR count). The first-order valence-corrected chi connectivity index (χ1v) is 17.3. The number of ether oxygens (including phenoxy) is 4. The fraction of sp³-hybridized carbons (Fsp3) is 0.167. The van der Waals surface area contributed by atoms with Crippen molar-refractivity contribution in [2.45, 2.75) is 13.1 Å². The molecule has 61 heavy (non-hydrogen) atoms. The third kappa shape index (κ3) is 11.8. The molecular weight excluding hydrogens is 809 g/mol. The Hall–Kier alpha value is -8.06. The van der Waals surface area contributed by atoms with Gasteiger partial charge in [0.25, 0.3) is 16.7 Å². The summed E-state index contributed by atoms with van der Waals surface area (Å²) in [4.78, 5) is 74.2. The third-order valence-electron chi connectivity index (χ3n) is 7.81. The van der Waals surface area contributed by atoms with Crippen LogP contribution in [0.4, 0.5) is 8.78 Å². The van der Waals surface area contributed by atoms with Gasteiger partial charge in [-0.15, -0.1) is 0 Å². The van der Waals surface area contributed by atoms with Gasteiger partial charge < -0.3 is 34.0 Å². The number of halogens is 2. The average molecular weight is 843 g/mol. The second-order valence-electron chi connectivity index (χ2n) is 11.9. The lowest BCUT2D eigenvalue weighted by molar-refractivity contribution is 0.351. The van der Waals surface area contributed by atoms with Crippen LogP contribution in [0.5, 0.6) is 23.8 Å². The lowest BCUT2D eigenvalue weighted by Crippen LogP contribution is -2.32. The molecule has 7 aromatic heterocycles. The molecule has 7 heterocycles. The van der Waals surface area contributed by atoms with Gasteiger partial charge in [0.05, 0.1) is 81.9 Å². The van der Waals surface area contributed by atoms with Gasteiger partial charge in [0.2, 0.25) is 11.8 Å². The molecule has 0 aliphatic carbocycles. The van der Waals surface area contributed by atoms with E-state index in [2.05, 4.69) is 50.1 Å². The van der Waals surface area contributed by atoms with E-state index >= 15 is 0 Å². The maximum atomic E-state index is 13.3. The van der Waals surface area contributed by atoms with Crippen LogP contribution in [0.3, 0.4) is 0 Å². The normalized spacial score (nSPS) is 10.4. The van der Waals surface area contributed by atoms with Crippen molar-refractivity contribution in [3.05, 3.63) is 144 Å². The van der Waals surface area contributed by atoms with Crippen LogP contribution in [-0.2, 0) is 13.1 Å². The molecule has 0 amide bonds. The van der Waals surface area contributed by atoms with E-state index in [4.69, 9.17) is 29.0 Å². The summed E-state index contributed by atoms with van der Waals surface area (Å²) in [5, 5.41) is 26.1. The Morgan fingerprint density at radius 3 is 1.64 bits per heavy atom. The van der Waals surface area contributed by atoms with Gasteiger partial charge in [-0.2, -0.15) is 20.2 Å². The second-order valence-corrected chi connectivity index (χ2v) is 11.9. The standard InChI is InChI=1S/C16H14FN5O3.C14H10FN5O3.C6H9BN2O4/c1-24-15-12(8-19-16(20-15)25-2)13-3-4-14(23)22(21-13)9-10-5-11(17)7-18-6-10;15-9-3-8(4-16-5-9)7-20-12(21)2-1-11(19-20)10-6-17-14(23)18-13(10)22;1-12-5-4(7(10)11)3-8-6(9-5)13-2/h3-8H,9H2,1-2H3;1-6H,7H2,(H2,17,18,22,23);3,10-11H,1-2H3. The predicted octanol–water partition coefficient (Wildman–Crippen LogP) is -0.657. The number of pyridine rings is 2. The Kier molecular flexibility index (Phi) is 14.9. The predicted molar refractivity (Wildman–Crippen MR) is 209 cm³/mol. The average Bonchev–Trinajstić information content (AvgIpc) is 3.25. The molecule has 25 heteroatoms. The molecule has 0 spiro atoms. The number of H-pyrrole nitrogens is 2. The fourth-order valence-corrected chi connectivity index (χ4v) is 5.02. The molecule has 22 nitrogen and oxygen atoms in total. The van der Waals surface area contributed by atoms with E-state index in [1.807, 2.05) is 0 Å². The maximum Gasteiger partial charge on any atom is 0.495 e. The molecular formula is C36H33BF2N12O10. The zero-order chi connectivity index (χ0) is 44.1.